The van der Waals surface area contributed by atoms with Gasteiger partial charge in [-0.1, -0.05) is 6.92 Å². The highest BCUT2D eigenvalue weighted by atomic mass is 32.1. The van der Waals surface area contributed by atoms with Gasteiger partial charge in [0.2, 0.25) is 0 Å². The smallest absolute Gasteiger partial charge is 0.137 e. The molecule has 4 heteroatoms. The molecule has 0 spiro atoms. The second-order valence-electron chi connectivity index (χ2n) is 4.27. The minimum atomic E-state index is 0.179. The Morgan fingerprint density at radius 3 is 2.79 bits per heavy atom. The summed E-state index contributed by atoms with van der Waals surface area (Å²) in [6.07, 6.45) is 4.74. The Balaban J connectivity index is 2.28. The summed E-state index contributed by atoms with van der Waals surface area (Å²) < 4.78 is 5.52. The van der Waals surface area contributed by atoms with E-state index in [1.54, 1.807) is 6.20 Å². The van der Waals surface area contributed by atoms with Crippen LogP contribution < -0.4 is 10.1 Å². The molecule has 1 unspecified atom stereocenters. The van der Waals surface area contributed by atoms with E-state index >= 15 is 0 Å². The fourth-order valence-corrected chi connectivity index (χ4v) is 3.14. The first kappa shape index (κ1) is 14.0. The topological polar surface area (TPSA) is 34.1 Å². The molecule has 0 aliphatic heterocycles. The van der Waals surface area contributed by atoms with Gasteiger partial charge in [0.25, 0.3) is 0 Å². The standard InChI is InChI=1S/C15H20N2OS/c1-4-13-6-7-14(19-13)15(16-3)11-8-12(18-5-2)10-17-9-11/h6-10,15-16H,4-5H2,1-3H3. The Kier molecular flexibility index (Phi) is 4.93. The first-order valence-electron chi connectivity index (χ1n) is 6.62. The zero-order chi connectivity index (χ0) is 13.7. The monoisotopic (exact) mass is 276 g/mol. The summed E-state index contributed by atoms with van der Waals surface area (Å²) in [4.78, 5) is 6.99. The van der Waals surface area contributed by atoms with Gasteiger partial charge in [-0.05, 0) is 44.2 Å². The van der Waals surface area contributed by atoms with Crippen LogP contribution in [0.2, 0.25) is 0 Å². The molecule has 0 aromatic carbocycles. The maximum atomic E-state index is 5.52. The lowest BCUT2D eigenvalue weighted by Crippen LogP contribution is -2.16. The van der Waals surface area contributed by atoms with Gasteiger partial charge in [-0.25, -0.2) is 0 Å². The summed E-state index contributed by atoms with van der Waals surface area (Å²) in [5.74, 6) is 0.826. The predicted octanol–water partition coefficient (Wildman–Crippen LogP) is 3.41. The lowest BCUT2D eigenvalue weighted by Gasteiger charge is -2.15. The molecule has 0 saturated carbocycles. The Hall–Kier alpha value is -1.39. The van der Waals surface area contributed by atoms with Crippen LogP contribution in [0.25, 0.3) is 0 Å². The molecule has 0 aliphatic rings. The van der Waals surface area contributed by atoms with E-state index in [0.29, 0.717) is 6.61 Å². The fraction of sp³-hybridized carbons (Fsp3) is 0.400. The summed E-state index contributed by atoms with van der Waals surface area (Å²) in [5.41, 5.74) is 1.14. The van der Waals surface area contributed by atoms with Crippen LogP contribution in [-0.2, 0) is 6.42 Å². The summed E-state index contributed by atoms with van der Waals surface area (Å²) in [7, 11) is 1.98. The zero-order valence-corrected chi connectivity index (χ0v) is 12.5. The van der Waals surface area contributed by atoms with E-state index in [-0.39, 0.29) is 6.04 Å². The number of aryl methyl sites for hydroxylation is 1. The summed E-state index contributed by atoms with van der Waals surface area (Å²) in [6.45, 7) is 4.82. The average molecular weight is 276 g/mol. The molecule has 102 valence electrons. The molecule has 1 N–H and O–H groups in total. The molecule has 0 saturated heterocycles. The van der Waals surface area contributed by atoms with Crippen LogP contribution in [0, 0.1) is 0 Å². The molecule has 3 nitrogen and oxygen atoms in total. The van der Waals surface area contributed by atoms with Crippen LogP contribution in [0.15, 0.2) is 30.6 Å². The number of nitrogens with zero attached hydrogens (tertiary/aromatic N) is 1. The fourth-order valence-electron chi connectivity index (χ4n) is 2.05. The Morgan fingerprint density at radius 1 is 1.32 bits per heavy atom. The number of hydrogen-bond donors (Lipinski definition) is 1. The van der Waals surface area contributed by atoms with Gasteiger partial charge in [0.1, 0.15) is 5.75 Å². The number of pyridine rings is 1. The number of ether oxygens (including phenoxy) is 1. The molecule has 0 radical (unpaired) electrons. The number of thiophene rings is 1. The van der Waals surface area contributed by atoms with Gasteiger partial charge in [0, 0.05) is 16.0 Å². The molecule has 2 aromatic heterocycles. The van der Waals surface area contributed by atoms with E-state index in [4.69, 9.17) is 4.74 Å². The van der Waals surface area contributed by atoms with Crippen LogP contribution in [0.5, 0.6) is 5.75 Å². The normalized spacial score (nSPS) is 12.4. The van der Waals surface area contributed by atoms with E-state index in [1.165, 1.54) is 9.75 Å². The van der Waals surface area contributed by atoms with Gasteiger partial charge >= 0.3 is 0 Å². The third kappa shape index (κ3) is 3.33. The molecule has 0 aliphatic carbocycles. The maximum absolute atomic E-state index is 5.52. The van der Waals surface area contributed by atoms with E-state index in [9.17, 15) is 0 Å². The van der Waals surface area contributed by atoms with Crippen molar-refractivity contribution in [2.24, 2.45) is 0 Å². The summed E-state index contributed by atoms with van der Waals surface area (Å²) >= 11 is 1.85. The summed E-state index contributed by atoms with van der Waals surface area (Å²) in [6, 6.07) is 6.63. The average Bonchev–Trinajstić information content (AvgIpc) is 2.89. The van der Waals surface area contributed by atoms with Crippen molar-refractivity contribution >= 4 is 11.3 Å². The minimum Gasteiger partial charge on any atom is -0.492 e. The molecule has 0 bridgehead atoms. The van der Waals surface area contributed by atoms with Crippen molar-refractivity contribution in [3.8, 4) is 5.75 Å². The Bertz CT molecular complexity index is 524. The second kappa shape index (κ2) is 6.68. The molecule has 2 aromatic rings. The molecule has 19 heavy (non-hydrogen) atoms. The van der Waals surface area contributed by atoms with E-state index in [2.05, 4.69) is 35.4 Å². The Morgan fingerprint density at radius 2 is 2.16 bits per heavy atom. The lowest BCUT2D eigenvalue weighted by molar-refractivity contribution is 0.338. The van der Waals surface area contributed by atoms with Crippen molar-refractivity contribution < 1.29 is 4.74 Å². The number of rotatable bonds is 6. The van der Waals surface area contributed by atoms with Gasteiger partial charge in [-0.2, -0.15) is 0 Å². The SMILES string of the molecule is CCOc1cncc(C(NC)c2ccc(CC)s2)c1. The Labute approximate surface area is 118 Å². The van der Waals surface area contributed by atoms with Crippen LogP contribution in [0.1, 0.15) is 35.2 Å². The molecule has 0 amide bonds. The number of nitrogens with one attached hydrogen (secondary N) is 1. The van der Waals surface area contributed by atoms with Gasteiger partial charge in [-0.3, -0.25) is 4.98 Å². The largest absolute Gasteiger partial charge is 0.492 e. The number of aromatic nitrogens is 1. The van der Waals surface area contributed by atoms with E-state index in [1.807, 2.05) is 31.5 Å². The zero-order valence-electron chi connectivity index (χ0n) is 11.6. The third-order valence-electron chi connectivity index (χ3n) is 2.98. The van der Waals surface area contributed by atoms with Gasteiger partial charge in [0.15, 0.2) is 0 Å². The van der Waals surface area contributed by atoms with Gasteiger partial charge < -0.3 is 10.1 Å². The van der Waals surface area contributed by atoms with Crippen LogP contribution in [-0.4, -0.2) is 18.6 Å². The van der Waals surface area contributed by atoms with Crippen molar-refractivity contribution in [3.05, 3.63) is 45.9 Å². The summed E-state index contributed by atoms with van der Waals surface area (Å²) in [5, 5.41) is 3.36. The highest BCUT2D eigenvalue weighted by Gasteiger charge is 2.15. The highest BCUT2D eigenvalue weighted by molar-refractivity contribution is 7.12. The second-order valence-corrected chi connectivity index (χ2v) is 5.47. The number of hydrogen-bond acceptors (Lipinski definition) is 4. The predicted molar refractivity (Wildman–Crippen MR) is 80.0 cm³/mol. The molecular formula is C15H20N2OS. The molecule has 2 heterocycles. The maximum Gasteiger partial charge on any atom is 0.137 e. The van der Waals surface area contributed by atoms with Crippen LogP contribution >= 0.6 is 11.3 Å². The van der Waals surface area contributed by atoms with Crippen molar-refractivity contribution in [2.75, 3.05) is 13.7 Å². The highest BCUT2D eigenvalue weighted by Crippen LogP contribution is 2.29. The van der Waals surface area contributed by atoms with Crippen molar-refractivity contribution in [3.63, 3.8) is 0 Å². The molecule has 2 rings (SSSR count). The third-order valence-corrected chi connectivity index (χ3v) is 4.28. The molecule has 0 fully saturated rings. The first-order chi connectivity index (χ1) is 9.28. The van der Waals surface area contributed by atoms with Crippen LogP contribution in [0.4, 0.5) is 0 Å². The van der Waals surface area contributed by atoms with Gasteiger partial charge in [0.05, 0.1) is 18.8 Å². The lowest BCUT2D eigenvalue weighted by atomic mass is 10.1. The molecule has 1 atom stereocenters. The van der Waals surface area contributed by atoms with Crippen LogP contribution in [0.3, 0.4) is 0 Å². The minimum absolute atomic E-state index is 0.179. The molecular weight excluding hydrogens is 256 g/mol. The van der Waals surface area contributed by atoms with Crippen molar-refractivity contribution in [1.82, 2.24) is 10.3 Å². The van der Waals surface area contributed by atoms with Crippen molar-refractivity contribution in [1.29, 1.82) is 0 Å². The van der Waals surface area contributed by atoms with E-state index < -0.39 is 0 Å². The first-order valence-corrected chi connectivity index (χ1v) is 7.43. The van der Waals surface area contributed by atoms with Gasteiger partial charge in [-0.15, -0.1) is 11.3 Å². The van der Waals surface area contributed by atoms with E-state index in [0.717, 1.165) is 17.7 Å². The quantitative estimate of drug-likeness (QED) is 0.878. The van der Waals surface area contributed by atoms with Crippen molar-refractivity contribution in [2.45, 2.75) is 26.3 Å².